The molecule has 42 heavy (non-hydrogen) atoms. The van der Waals surface area contributed by atoms with Crippen molar-refractivity contribution < 1.29 is 4.42 Å². The van der Waals surface area contributed by atoms with E-state index < -0.39 is 0 Å². The summed E-state index contributed by atoms with van der Waals surface area (Å²) in [5.41, 5.74) is 11.5. The standard InChI is InChI=1S/C38H33N3O/c1-24(2)29-18-13-19-30(25(3)4)36(29)41-33-21-12-11-20-32(33)39-37(41)28-22-31(26-14-7-5-8-15-26)35-34(23-28)42-38(40-35)27-16-9-6-10-17-27/h5-25H,1-4H3. The number of benzene rings is 5. The molecular formula is C38H33N3O. The van der Waals surface area contributed by atoms with Crippen LogP contribution in [0.3, 0.4) is 0 Å². The molecular weight excluding hydrogens is 514 g/mol. The van der Waals surface area contributed by atoms with E-state index in [4.69, 9.17) is 14.4 Å². The molecule has 0 aliphatic heterocycles. The molecule has 0 N–H and O–H groups in total. The Hall–Kier alpha value is -4.96. The van der Waals surface area contributed by atoms with Crippen molar-refractivity contribution >= 4 is 22.1 Å². The van der Waals surface area contributed by atoms with Gasteiger partial charge in [-0.05, 0) is 64.9 Å². The van der Waals surface area contributed by atoms with Crippen LogP contribution >= 0.6 is 0 Å². The van der Waals surface area contributed by atoms with E-state index in [0.717, 1.165) is 50.2 Å². The highest BCUT2D eigenvalue weighted by Crippen LogP contribution is 2.40. The number of hydrogen-bond donors (Lipinski definition) is 0. The molecule has 0 aliphatic carbocycles. The highest BCUT2D eigenvalue weighted by molar-refractivity contribution is 5.96. The van der Waals surface area contributed by atoms with Gasteiger partial charge in [0.15, 0.2) is 5.58 Å². The number of rotatable bonds is 6. The van der Waals surface area contributed by atoms with Crippen molar-refractivity contribution in [2.45, 2.75) is 39.5 Å². The first-order valence-electron chi connectivity index (χ1n) is 14.7. The Morgan fingerprint density at radius 2 is 1.21 bits per heavy atom. The highest BCUT2D eigenvalue weighted by atomic mass is 16.3. The second-order valence-electron chi connectivity index (χ2n) is 11.5. The maximum absolute atomic E-state index is 6.47. The van der Waals surface area contributed by atoms with Crippen LogP contribution in [0.1, 0.15) is 50.7 Å². The van der Waals surface area contributed by atoms with Crippen molar-refractivity contribution in [3.63, 3.8) is 0 Å². The van der Waals surface area contributed by atoms with E-state index in [9.17, 15) is 0 Å². The summed E-state index contributed by atoms with van der Waals surface area (Å²) in [6.07, 6.45) is 0. The Bertz CT molecular complexity index is 2010. The van der Waals surface area contributed by atoms with Crippen molar-refractivity contribution in [3.8, 4) is 39.7 Å². The number of imidazole rings is 1. The third-order valence-corrected chi connectivity index (χ3v) is 7.99. The summed E-state index contributed by atoms with van der Waals surface area (Å²) in [6, 6.07) is 40.0. The summed E-state index contributed by atoms with van der Waals surface area (Å²) < 4.78 is 8.84. The average molecular weight is 548 g/mol. The molecule has 0 spiro atoms. The molecule has 0 bridgehead atoms. The third-order valence-electron chi connectivity index (χ3n) is 7.99. The Morgan fingerprint density at radius 1 is 0.595 bits per heavy atom. The first-order chi connectivity index (χ1) is 20.5. The molecule has 206 valence electrons. The maximum atomic E-state index is 6.47. The molecule has 0 amide bonds. The quantitative estimate of drug-likeness (QED) is 0.208. The molecule has 2 heterocycles. The number of oxazole rings is 1. The smallest absolute Gasteiger partial charge is 0.227 e. The van der Waals surface area contributed by atoms with E-state index in [-0.39, 0.29) is 0 Å². The first-order valence-corrected chi connectivity index (χ1v) is 14.7. The van der Waals surface area contributed by atoms with Crippen molar-refractivity contribution in [3.05, 3.63) is 126 Å². The van der Waals surface area contributed by atoms with Crippen LogP contribution in [-0.4, -0.2) is 14.5 Å². The Balaban J connectivity index is 1.56. The second kappa shape index (κ2) is 10.5. The van der Waals surface area contributed by atoms with Crippen LogP contribution in [0.15, 0.2) is 120 Å². The third kappa shape index (κ3) is 4.40. The van der Waals surface area contributed by atoms with Crippen LogP contribution in [-0.2, 0) is 0 Å². The molecule has 2 aromatic heterocycles. The molecule has 4 heteroatoms. The van der Waals surface area contributed by atoms with Crippen LogP contribution in [0.4, 0.5) is 0 Å². The van der Waals surface area contributed by atoms with Gasteiger partial charge in [0.05, 0.1) is 16.7 Å². The van der Waals surface area contributed by atoms with E-state index in [0.29, 0.717) is 17.7 Å². The number of para-hydroxylation sites is 3. The molecule has 5 aromatic carbocycles. The molecule has 0 saturated heterocycles. The lowest BCUT2D eigenvalue weighted by Crippen LogP contribution is -2.08. The SMILES string of the molecule is CC(C)c1cccc(C(C)C)c1-n1c(-c2cc(-c3ccccc3)c3nc(-c4ccccc4)oc3c2)nc2ccccc21. The van der Waals surface area contributed by atoms with E-state index >= 15 is 0 Å². The fourth-order valence-electron chi connectivity index (χ4n) is 5.92. The van der Waals surface area contributed by atoms with Gasteiger partial charge < -0.3 is 4.42 Å². The normalized spacial score (nSPS) is 11.8. The minimum Gasteiger partial charge on any atom is -0.436 e. The van der Waals surface area contributed by atoms with Crippen molar-refractivity contribution in [1.29, 1.82) is 0 Å². The molecule has 0 aliphatic rings. The molecule has 7 rings (SSSR count). The van der Waals surface area contributed by atoms with Crippen LogP contribution in [0.5, 0.6) is 0 Å². The zero-order valence-electron chi connectivity index (χ0n) is 24.4. The topological polar surface area (TPSA) is 43.9 Å². The lowest BCUT2D eigenvalue weighted by atomic mass is 9.92. The largest absolute Gasteiger partial charge is 0.436 e. The summed E-state index contributed by atoms with van der Waals surface area (Å²) in [7, 11) is 0. The molecule has 0 unspecified atom stereocenters. The first kappa shape index (κ1) is 26.0. The van der Waals surface area contributed by atoms with E-state index in [1.807, 2.05) is 36.4 Å². The number of hydrogen-bond acceptors (Lipinski definition) is 3. The zero-order chi connectivity index (χ0) is 28.8. The van der Waals surface area contributed by atoms with Crippen LogP contribution < -0.4 is 0 Å². The summed E-state index contributed by atoms with van der Waals surface area (Å²) in [6.45, 7) is 9.06. The van der Waals surface area contributed by atoms with Gasteiger partial charge in [-0.25, -0.2) is 9.97 Å². The zero-order valence-corrected chi connectivity index (χ0v) is 24.4. The monoisotopic (exact) mass is 547 g/mol. The highest BCUT2D eigenvalue weighted by Gasteiger charge is 2.24. The van der Waals surface area contributed by atoms with Gasteiger partial charge in [-0.1, -0.05) is 107 Å². The Labute approximate surface area is 246 Å². The summed E-state index contributed by atoms with van der Waals surface area (Å²) in [4.78, 5) is 10.3. The van der Waals surface area contributed by atoms with Gasteiger partial charge >= 0.3 is 0 Å². The Kier molecular flexibility index (Phi) is 6.47. The van der Waals surface area contributed by atoms with Gasteiger partial charge in [0, 0.05) is 16.7 Å². The fourth-order valence-corrected chi connectivity index (χ4v) is 5.92. The predicted molar refractivity (Wildman–Crippen MR) is 173 cm³/mol. The second-order valence-corrected chi connectivity index (χ2v) is 11.5. The lowest BCUT2D eigenvalue weighted by molar-refractivity contribution is 0.620. The van der Waals surface area contributed by atoms with Crippen LogP contribution in [0, 0.1) is 0 Å². The fraction of sp³-hybridized carbons (Fsp3) is 0.158. The minimum atomic E-state index is 0.345. The number of aromatic nitrogens is 3. The predicted octanol–water partition coefficient (Wildman–Crippen LogP) is 10.4. The van der Waals surface area contributed by atoms with Gasteiger partial charge in [0.2, 0.25) is 5.89 Å². The minimum absolute atomic E-state index is 0.345. The van der Waals surface area contributed by atoms with Gasteiger partial charge in [0.1, 0.15) is 11.3 Å². The lowest BCUT2D eigenvalue weighted by Gasteiger charge is -2.22. The molecule has 0 saturated carbocycles. The average Bonchev–Trinajstić information content (AvgIpc) is 3.63. The molecule has 7 aromatic rings. The van der Waals surface area contributed by atoms with Gasteiger partial charge in [-0.3, -0.25) is 4.57 Å². The van der Waals surface area contributed by atoms with Gasteiger partial charge in [-0.15, -0.1) is 0 Å². The Morgan fingerprint density at radius 3 is 1.88 bits per heavy atom. The van der Waals surface area contributed by atoms with Crippen molar-refractivity contribution in [2.75, 3.05) is 0 Å². The van der Waals surface area contributed by atoms with E-state index in [1.165, 1.54) is 16.8 Å². The molecule has 0 fully saturated rings. The summed E-state index contributed by atoms with van der Waals surface area (Å²) in [5.74, 6) is 2.19. The summed E-state index contributed by atoms with van der Waals surface area (Å²) >= 11 is 0. The van der Waals surface area contributed by atoms with Gasteiger partial charge in [-0.2, -0.15) is 0 Å². The maximum Gasteiger partial charge on any atom is 0.227 e. The summed E-state index contributed by atoms with van der Waals surface area (Å²) in [5, 5.41) is 0. The van der Waals surface area contributed by atoms with E-state index in [2.05, 4.69) is 111 Å². The van der Waals surface area contributed by atoms with Crippen LogP contribution in [0.2, 0.25) is 0 Å². The molecule has 4 nitrogen and oxygen atoms in total. The van der Waals surface area contributed by atoms with Gasteiger partial charge in [0.25, 0.3) is 0 Å². The molecule has 0 atom stereocenters. The van der Waals surface area contributed by atoms with Crippen molar-refractivity contribution in [2.24, 2.45) is 0 Å². The van der Waals surface area contributed by atoms with Crippen LogP contribution in [0.25, 0.3) is 61.8 Å². The molecule has 0 radical (unpaired) electrons. The number of fused-ring (bicyclic) bond motifs is 2. The number of nitrogens with zero attached hydrogens (tertiary/aromatic N) is 3. The van der Waals surface area contributed by atoms with E-state index in [1.54, 1.807) is 0 Å². The van der Waals surface area contributed by atoms with Crippen molar-refractivity contribution in [1.82, 2.24) is 14.5 Å².